The Bertz CT molecular complexity index is 404. The van der Waals surface area contributed by atoms with Crippen LogP contribution >= 0.6 is 12.4 Å². The van der Waals surface area contributed by atoms with Gasteiger partial charge in [-0.15, -0.1) is 12.4 Å². The predicted octanol–water partition coefficient (Wildman–Crippen LogP) is 1.02. The van der Waals surface area contributed by atoms with Crippen molar-refractivity contribution in [3.63, 3.8) is 0 Å². The Kier molecular flexibility index (Phi) is 5.49. The van der Waals surface area contributed by atoms with E-state index >= 15 is 0 Å². The van der Waals surface area contributed by atoms with E-state index in [9.17, 15) is 9.59 Å². The van der Waals surface area contributed by atoms with E-state index in [0.29, 0.717) is 18.6 Å². The minimum absolute atomic E-state index is 0. The Morgan fingerprint density at radius 3 is 2.48 bits per heavy atom. The number of carbonyl (C=O) groups is 2. The van der Waals surface area contributed by atoms with Crippen LogP contribution in [0.4, 0.5) is 0 Å². The molecule has 3 saturated heterocycles. The molecule has 0 radical (unpaired) electrons. The van der Waals surface area contributed by atoms with Crippen LogP contribution in [0, 0.1) is 5.92 Å². The molecule has 120 valence electrons. The molecular weight excluding hydrogens is 290 g/mol. The minimum atomic E-state index is 0. The number of piperidine rings is 1. The number of rotatable bonds is 1. The summed E-state index contributed by atoms with van der Waals surface area (Å²) in [5.41, 5.74) is 0. The van der Waals surface area contributed by atoms with E-state index in [4.69, 9.17) is 0 Å². The van der Waals surface area contributed by atoms with Gasteiger partial charge in [-0.05, 0) is 32.1 Å². The van der Waals surface area contributed by atoms with Crippen molar-refractivity contribution >= 4 is 24.2 Å². The molecule has 3 rings (SSSR count). The number of hydrogen-bond acceptors (Lipinski definition) is 3. The fourth-order valence-corrected chi connectivity index (χ4v) is 3.87. The number of fused-ring (bicyclic) bond motifs is 2. The maximum absolute atomic E-state index is 12.7. The standard InChI is InChI=1S/C15H25N3O2.ClH/c1-11(19)17-7-2-3-12(9-17)15(20)18-8-6-13-4-5-14(10-18)16-13;/h12-14,16H,2-10H2,1H3;1H. The zero-order valence-electron chi connectivity index (χ0n) is 12.7. The average molecular weight is 316 g/mol. The number of amides is 2. The zero-order chi connectivity index (χ0) is 14.1. The lowest BCUT2D eigenvalue weighted by molar-refractivity contribution is -0.140. The molecule has 0 aromatic rings. The zero-order valence-corrected chi connectivity index (χ0v) is 13.5. The molecule has 21 heavy (non-hydrogen) atoms. The summed E-state index contributed by atoms with van der Waals surface area (Å²) < 4.78 is 0. The van der Waals surface area contributed by atoms with E-state index in [-0.39, 0.29) is 30.1 Å². The van der Waals surface area contributed by atoms with E-state index in [1.807, 2.05) is 9.80 Å². The van der Waals surface area contributed by atoms with E-state index in [1.54, 1.807) is 6.92 Å². The molecule has 3 unspecified atom stereocenters. The van der Waals surface area contributed by atoms with Crippen LogP contribution in [0.5, 0.6) is 0 Å². The summed E-state index contributed by atoms with van der Waals surface area (Å²) in [6.45, 7) is 4.76. The Hall–Kier alpha value is -0.810. The van der Waals surface area contributed by atoms with E-state index in [2.05, 4.69) is 5.32 Å². The maximum Gasteiger partial charge on any atom is 0.227 e. The highest BCUT2D eigenvalue weighted by Gasteiger charge is 2.35. The molecule has 0 spiro atoms. The number of nitrogens with one attached hydrogen (secondary N) is 1. The molecule has 3 fully saturated rings. The molecule has 6 heteroatoms. The van der Waals surface area contributed by atoms with Gasteiger partial charge in [0, 0.05) is 45.2 Å². The van der Waals surface area contributed by atoms with Gasteiger partial charge < -0.3 is 15.1 Å². The predicted molar refractivity (Wildman–Crippen MR) is 83.4 cm³/mol. The van der Waals surface area contributed by atoms with Gasteiger partial charge in [-0.1, -0.05) is 0 Å². The smallest absolute Gasteiger partial charge is 0.227 e. The SMILES string of the molecule is CC(=O)N1CCCC(C(=O)N2CCC3CCC(C2)N3)C1.Cl. The van der Waals surface area contributed by atoms with Crippen LogP contribution in [-0.2, 0) is 9.59 Å². The number of likely N-dealkylation sites (tertiary alicyclic amines) is 2. The monoisotopic (exact) mass is 315 g/mol. The molecule has 0 aliphatic carbocycles. The highest BCUT2D eigenvalue weighted by Crippen LogP contribution is 2.24. The van der Waals surface area contributed by atoms with Crippen LogP contribution in [0.15, 0.2) is 0 Å². The van der Waals surface area contributed by atoms with Crippen molar-refractivity contribution in [2.45, 2.75) is 51.1 Å². The van der Waals surface area contributed by atoms with Gasteiger partial charge in [-0.3, -0.25) is 9.59 Å². The number of halogens is 1. The summed E-state index contributed by atoms with van der Waals surface area (Å²) in [4.78, 5) is 28.1. The minimum Gasteiger partial charge on any atom is -0.342 e. The van der Waals surface area contributed by atoms with Gasteiger partial charge in [0.1, 0.15) is 0 Å². The van der Waals surface area contributed by atoms with Crippen LogP contribution in [0.25, 0.3) is 0 Å². The van der Waals surface area contributed by atoms with E-state index in [1.165, 1.54) is 12.8 Å². The quantitative estimate of drug-likeness (QED) is 0.786. The largest absolute Gasteiger partial charge is 0.342 e. The fraction of sp³-hybridized carbons (Fsp3) is 0.867. The molecule has 2 bridgehead atoms. The van der Waals surface area contributed by atoms with Crippen molar-refractivity contribution in [3.8, 4) is 0 Å². The highest BCUT2D eigenvalue weighted by atomic mass is 35.5. The van der Waals surface area contributed by atoms with Crippen molar-refractivity contribution in [1.82, 2.24) is 15.1 Å². The van der Waals surface area contributed by atoms with Gasteiger partial charge in [0.15, 0.2) is 0 Å². The van der Waals surface area contributed by atoms with Gasteiger partial charge in [0.05, 0.1) is 5.92 Å². The molecule has 3 aliphatic heterocycles. The summed E-state index contributed by atoms with van der Waals surface area (Å²) in [5.74, 6) is 0.383. The molecule has 3 aliphatic rings. The van der Waals surface area contributed by atoms with Gasteiger partial charge in [0.2, 0.25) is 11.8 Å². The molecule has 0 aromatic heterocycles. The normalized spacial score (nSPS) is 32.3. The summed E-state index contributed by atoms with van der Waals surface area (Å²) in [6.07, 6.45) is 5.41. The molecule has 0 aromatic carbocycles. The van der Waals surface area contributed by atoms with Crippen molar-refractivity contribution in [1.29, 1.82) is 0 Å². The molecule has 1 N–H and O–H groups in total. The fourth-order valence-electron chi connectivity index (χ4n) is 3.87. The van der Waals surface area contributed by atoms with Gasteiger partial charge in [0.25, 0.3) is 0 Å². The Balaban J connectivity index is 0.00000161. The van der Waals surface area contributed by atoms with Crippen molar-refractivity contribution < 1.29 is 9.59 Å². The maximum atomic E-state index is 12.7. The summed E-state index contributed by atoms with van der Waals surface area (Å²) in [6, 6.07) is 1.09. The topological polar surface area (TPSA) is 52.7 Å². The third-order valence-corrected chi connectivity index (χ3v) is 5.05. The molecule has 5 nitrogen and oxygen atoms in total. The van der Waals surface area contributed by atoms with Gasteiger partial charge in [-0.25, -0.2) is 0 Å². The van der Waals surface area contributed by atoms with Gasteiger partial charge >= 0.3 is 0 Å². The molecule has 3 heterocycles. The summed E-state index contributed by atoms with van der Waals surface area (Å²) in [7, 11) is 0. The van der Waals surface area contributed by atoms with Crippen molar-refractivity contribution in [2.75, 3.05) is 26.2 Å². The van der Waals surface area contributed by atoms with Crippen molar-refractivity contribution in [2.24, 2.45) is 5.92 Å². The average Bonchev–Trinajstić information content (AvgIpc) is 2.78. The molecule has 3 atom stereocenters. The van der Waals surface area contributed by atoms with Crippen LogP contribution in [0.1, 0.15) is 39.0 Å². The third-order valence-electron chi connectivity index (χ3n) is 5.05. The Morgan fingerprint density at radius 2 is 1.71 bits per heavy atom. The van der Waals surface area contributed by atoms with Crippen LogP contribution in [0.2, 0.25) is 0 Å². The van der Waals surface area contributed by atoms with Crippen LogP contribution in [0.3, 0.4) is 0 Å². The Labute approximate surface area is 132 Å². The van der Waals surface area contributed by atoms with Crippen molar-refractivity contribution in [3.05, 3.63) is 0 Å². The van der Waals surface area contributed by atoms with Gasteiger partial charge in [-0.2, -0.15) is 0 Å². The third kappa shape index (κ3) is 3.69. The highest BCUT2D eigenvalue weighted by molar-refractivity contribution is 5.85. The summed E-state index contributed by atoms with van der Waals surface area (Å²) >= 11 is 0. The number of nitrogens with zero attached hydrogens (tertiary/aromatic N) is 2. The Morgan fingerprint density at radius 1 is 0.952 bits per heavy atom. The van der Waals surface area contributed by atoms with E-state index < -0.39 is 0 Å². The lowest BCUT2D eigenvalue weighted by atomic mass is 9.95. The summed E-state index contributed by atoms with van der Waals surface area (Å²) in [5, 5.41) is 3.61. The second-order valence-corrected chi connectivity index (χ2v) is 6.51. The molecule has 2 amide bonds. The molecular formula is C15H26ClN3O2. The second kappa shape index (κ2) is 6.97. The lowest BCUT2D eigenvalue weighted by Crippen LogP contribution is -2.48. The number of carbonyl (C=O) groups excluding carboxylic acids is 2. The van der Waals surface area contributed by atoms with E-state index in [0.717, 1.165) is 38.9 Å². The first-order valence-corrected chi connectivity index (χ1v) is 7.94. The lowest BCUT2D eigenvalue weighted by Gasteiger charge is -2.35. The van der Waals surface area contributed by atoms with Crippen LogP contribution < -0.4 is 5.32 Å². The first-order chi connectivity index (χ1) is 9.63. The second-order valence-electron chi connectivity index (χ2n) is 6.51. The number of hydrogen-bond donors (Lipinski definition) is 1. The first kappa shape index (κ1) is 16.6. The first-order valence-electron chi connectivity index (χ1n) is 7.94. The molecule has 0 saturated carbocycles. The van der Waals surface area contributed by atoms with Crippen LogP contribution in [-0.4, -0.2) is 59.9 Å².